The van der Waals surface area contributed by atoms with Gasteiger partial charge in [0.15, 0.2) is 0 Å². The van der Waals surface area contributed by atoms with Gasteiger partial charge in [0.25, 0.3) is 5.91 Å². The summed E-state index contributed by atoms with van der Waals surface area (Å²) in [6.07, 6.45) is -1.71. The Balaban J connectivity index is 1.79. The first-order chi connectivity index (χ1) is 13.1. The summed E-state index contributed by atoms with van der Waals surface area (Å²) in [5.41, 5.74) is -1.43. The average Bonchev–Trinajstić information content (AvgIpc) is 2.93. The third-order valence-electron chi connectivity index (χ3n) is 4.52. The third-order valence-corrected chi connectivity index (χ3v) is 6.38. The number of halogens is 3. The predicted molar refractivity (Wildman–Crippen MR) is 93.9 cm³/mol. The van der Waals surface area contributed by atoms with E-state index < -0.39 is 33.2 Å². The fraction of sp³-hybridized carbons (Fsp3) is 0.412. The number of carbonyl (C=O) groups excluding carboxylic acids is 1. The van der Waals surface area contributed by atoms with E-state index in [-0.39, 0.29) is 31.1 Å². The molecule has 0 bridgehead atoms. The number of nitrogens with zero attached hydrogens (tertiary/aromatic N) is 4. The van der Waals surface area contributed by atoms with Crippen LogP contribution in [-0.2, 0) is 23.2 Å². The molecule has 11 heteroatoms. The van der Waals surface area contributed by atoms with Gasteiger partial charge in [-0.1, -0.05) is 12.1 Å². The van der Waals surface area contributed by atoms with E-state index in [1.54, 1.807) is 7.05 Å². The summed E-state index contributed by atoms with van der Waals surface area (Å²) < 4.78 is 67.6. The van der Waals surface area contributed by atoms with Crippen molar-refractivity contribution in [1.29, 1.82) is 0 Å². The van der Waals surface area contributed by atoms with Gasteiger partial charge < -0.3 is 4.90 Å². The van der Waals surface area contributed by atoms with Gasteiger partial charge in [-0.05, 0) is 18.6 Å². The maximum Gasteiger partial charge on any atom is 0.417 e. The Morgan fingerprint density at radius 2 is 1.82 bits per heavy atom. The molecule has 0 spiro atoms. The number of sulfonamides is 1. The minimum atomic E-state index is -4.65. The van der Waals surface area contributed by atoms with Crippen LogP contribution in [0.1, 0.15) is 22.3 Å². The molecule has 1 amide bonds. The fourth-order valence-electron chi connectivity index (χ4n) is 3.11. The maximum atomic E-state index is 13.2. The van der Waals surface area contributed by atoms with Crippen molar-refractivity contribution in [3.8, 4) is 0 Å². The van der Waals surface area contributed by atoms with Crippen LogP contribution in [0, 0.1) is 0 Å². The molecule has 1 aliphatic rings. The number of aromatic nitrogens is 2. The average molecular weight is 416 g/mol. The van der Waals surface area contributed by atoms with Crippen molar-refractivity contribution in [2.24, 2.45) is 7.05 Å². The summed E-state index contributed by atoms with van der Waals surface area (Å²) in [6.45, 7) is 0.341. The SMILES string of the molecule is Cn1cc(S(=O)(=O)N2CCCN(C(=O)c3ccccc3C(F)(F)F)CC2)cn1. The molecular weight excluding hydrogens is 397 g/mol. The van der Waals surface area contributed by atoms with Crippen LogP contribution >= 0.6 is 0 Å². The van der Waals surface area contributed by atoms with Crippen molar-refractivity contribution in [1.82, 2.24) is 19.0 Å². The number of alkyl halides is 3. The van der Waals surface area contributed by atoms with Crippen molar-refractivity contribution in [3.63, 3.8) is 0 Å². The highest BCUT2D eigenvalue weighted by Crippen LogP contribution is 2.32. The zero-order valence-electron chi connectivity index (χ0n) is 15.1. The van der Waals surface area contributed by atoms with Gasteiger partial charge in [0.05, 0.1) is 17.3 Å². The number of rotatable bonds is 3. The van der Waals surface area contributed by atoms with Crippen LogP contribution < -0.4 is 0 Å². The summed E-state index contributed by atoms with van der Waals surface area (Å²) in [6, 6.07) is 4.61. The Morgan fingerprint density at radius 1 is 1.11 bits per heavy atom. The predicted octanol–water partition coefficient (Wildman–Crippen LogP) is 1.98. The van der Waals surface area contributed by atoms with Crippen LogP contribution in [-0.4, -0.2) is 59.5 Å². The Kier molecular flexibility index (Phi) is 5.48. The molecule has 0 N–H and O–H groups in total. The van der Waals surface area contributed by atoms with Gasteiger partial charge in [0.1, 0.15) is 4.90 Å². The first kappa shape index (κ1) is 20.3. The molecule has 2 aromatic rings. The van der Waals surface area contributed by atoms with Crippen LogP contribution in [0.25, 0.3) is 0 Å². The van der Waals surface area contributed by atoms with Crippen LogP contribution in [0.3, 0.4) is 0 Å². The van der Waals surface area contributed by atoms with Crippen molar-refractivity contribution < 1.29 is 26.4 Å². The normalized spacial score (nSPS) is 16.8. The maximum absolute atomic E-state index is 13.2. The number of carbonyl (C=O) groups is 1. The molecular formula is C17H19F3N4O3S. The van der Waals surface area contributed by atoms with E-state index >= 15 is 0 Å². The Morgan fingerprint density at radius 3 is 2.46 bits per heavy atom. The quantitative estimate of drug-likeness (QED) is 0.767. The molecule has 1 aromatic heterocycles. The largest absolute Gasteiger partial charge is 0.417 e. The van der Waals surface area contributed by atoms with Crippen LogP contribution in [0.2, 0.25) is 0 Å². The van der Waals surface area contributed by atoms with Crippen molar-refractivity contribution in [2.45, 2.75) is 17.5 Å². The molecule has 2 heterocycles. The monoisotopic (exact) mass is 416 g/mol. The number of amides is 1. The van der Waals surface area contributed by atoms with Gasteiger partial charge in [0.2, 0.25) is 10.0 Å². The topological polar surface area (TPSA) is 75.5 Å². The summed E-state index contributed by atoms with van der Waals surface area (Å²) >= 11 is 0. The molecule has 28 heavy (non-hydrogen) atoms. The van der Waals surface area contributed by atoms with Gasteiger partial charge in [-0.3, -0.25) is 9.48 Å². The van der Waals surface area contributed by atoms with Crippen molar-refractivity contribution in [2.75, 3.05) is 26.2 Å². The zero-order chi connectivity index (χ0) is 20.5. The minimum Gasteiger partial charge on any atom is -0.337 e. The molecule has 0 saturated carbocycles. The Labute approximate surface area is 160 Å². The van der Waals surface area contributed by atoms with E-state index in [2.05, 4.69) is 5.10 Å². The smallest absolute Gasteiger partial charge is 0.337 e. The minimum absolute atomic E-state index is 0.00283. The van der Waals surface area contributed by atoms with Crippen LogP contribution in [0.15, 0.2) is 41.6 Å². The first-order valence-electron chi connectivity index (χ1n) is 8.55. The number of hydrogen-bond acceptors (Lipinski definition) is 4. The molecule has 0 aliphatic carbocycles. The van der Waals surface area contributed by atoms with Gasteiger partial charge in [0, 0.05) is 39.4 Å². The van der Waals surface area contributed by atoms with Crippen molar-refractivity contribution >= 4 is 15.9 Å². The zero-order valence-corrected chi connectivity index (χ0v) is 15.9. The summed E-state index contributed by atoms with van der Waals surface area (Å²) in [5.74, 6) is -0.756. The highest BCUT2D eigenvalue weighted by atomic mass is 32.2. The molecule has 3 rings (SSSR count). The molecule has 1 saturated heterocycles. The van der Waals surface area contributed by atoms with Crippen molar-refractivity contribution in [3.05, 3.63) is 47.8 Å². The van der Waals surface area contributed by atoms with Gasteiger partial charge >= 0.3 is 6.18 Å². The second-order valence-electron chi connectivity index (χ2n) is 6.44. The molecule has 1 aromatic carbocycles. The lowest BCUT2D eigenvalue weighted by Gasteiger charge is -2.23. The molecule has 0 atom stereocenters. The van der Waals surface area contributed by atoms with E-state index in [4.69, 9.17) is 0 Å². The second-order valence-corrected chi connectivity index (χ2v) is 8.38. The highest BCUT2D eigenvalue weighted by molar-refractivity contribution is 7.89. The van der Waals surface area contributed by atoms with E-state index in [1.807, 2.05) is 0 Å². The fourth-order valence-corrected chi connectivity index (χ4v) is 4.56. The van der Waals surface area contributed by atoms with Gasteiger partial charge in [-0.2, -0.15) is 22.6 Å². The molecule has 0 radical (unpaired) electrons. The van der Waals surface area contributed by atoms with E-state index in [0.29, 0.717) is 6.42 Å². The molecule has 152 valence electrons. The Hall–Kier alpha value is -2.40. The third kappa shape index (κ3) is 4.04. The Bertz CT molecular complexity index is 972. The number of benzene rings is 1. The molecule has 1 aliphatic heterocycles. The first-order valence-corrected chi connectivity index (χ1v) is 9.99. The standard InChI is InChI=1S/C17H19F3N4O3S/c1-22-12-13(11-21-22)28(26,27)24-8-4-7-23(9-10-24)16(25)14-5-2-3-6-15(14)17(18,19)20/h2-3,5-6,11-12H,4,7-10H2,1H3. The molecule has 1 fully saturated rings. The molecule has 0 unspecified atom stereocenters. The summed E-state index contributed by atoms with van der Waals surface area (Å²) in [4.78, 5) is 14.0. The summed E-state index contributed by atoms with van der Waals surface area (Å²) in [7, 11) is -2.18. The van der Waals surface area contributed by atoms with E-state index in [9.17, 15) is 26.4 Å². The molecule has 7 nitrogen and oxygen atoms in total. The van der Waals surface area contributed by atoms with Gasteiger partial charge in [-0.15, -0.1) is 0 Å². The van der Waals surface area contributed by atoms with E-state index in [0.717, 1.165) is 12.1 Å². The lowest BCUT2D eigenvalue weighted by Crippen LogP contribution is -2.37. The lowest BCUT2D eigenvalue weighted by molar-refractivity contribution is -0.138. The van der Waals surface area contributed by atoms with Gasteiger partial charge in [-0.25, -0.2) is 8.42 Å². The lowest BCUT2D eigenvalue weighted by atomic mass is 10.1. The van der Waals surface area contributed by atoms with E-state index in [1.165, 1.54) is 38.4 Å². The second kappa shape index (κ2) is 7.55. The van der Waals surface area contributed by atoms with Crippen LogP contribution in [0.5, 0.6) is 0 Å². The number of aryl methyl sites for hydroxylation is 1. The highest BCUT2D eigenvalue weighted by Gasteiger charge is 2.36. The number of hydrogen-bond donors (Lipinski definition) is 0. The summed E-state index contributed by atoms with van der Waals surface area (Å²) in [5, 5.41) is 3.86. The van der Waals surface area contributed by atoms with Crippen LogP contribution in [0.4, 0.5) is 13.2 Å².